The third-order valence-electron chi connectivity index (χ3n) is 2.06. The molecule has 0 fully saturated rings. The van der Waals surface area contributed by atoms with Gasteiger partial charge in [-0.05, 0) is 18.4 Å². The van der Waals surface area contributed by atoms with Gasteiger partial charge in [0.1, 0.15) is 0 Å². The van der Waals surface area contributed by atoms with E-state index in [-0.39, 0.29) is 5.91 Å². The van der Waals surface area contributed by atoms with Crippen molar-refractivity contribution >= 4 is 21.8 Å². The number of nitrogens with one attached hydrogen (secondary N) is 1. The maximum absolute atomic E-state index is 11.6. The summed E-state index contributed by atoms with van der Waals surface area (Å²) in [5.74, 6) is 0.384. The molecule has 0 aliphatic carbocycles. The van der Waals surface area contributed by atoms with Crippen molar-refractivity contribution in [3.8, 4) is 0 Å². The molecule has 0 saturated carbocycles. The highest BCUT2D eigenvalue weighted by Crippen LogP contribution is 2.03. The topological polar surface area (TPSA) is 54.9 Å². The van der Waals surface area contributed by atoms with Gasteiger partial charge in [0, 0.05) is 11.9 Å². The Labute approximate surface area is 97.6 Å². The van der Waals surface area contributed by atoms with E-state index >= 15 is 0 Å². The molecule has 1 heterocycles. The zero-order chi connectivity index (χ0) is 11.1. The summed E-state index contributed by atoms with van der Waals surface area (Å²) >= 11 is 3.37. The SMILES string of the molecule is CC(CCBr)CNC(=O)c1ccnnc1. The van der Waals surface area contributed by atoms with Gasteiger partial charge in [-0.1, -0.05) is 22.9 Å². The number of alkyl halides is 1. The molecule has 15 heavy (non-hydrogen) atoms. The number of hydrogen-bond acceptors (Lipinski definition) is 3. The number of carbonyl (C=O) groups is 1. The fourth-order valence-corrected chi connectivity index (χ4v) is 1.86. The molecule has 0 spiro atoms. The molecule has 0 aliphatic rings. The Kier molecular flexibility index (Phi) is 5.25. The summed E-state index contributed by atoms with van der Waals surface area (Å²) in [7, 11) is 0. The van der Waals surface area contributed by atoms with Crippen LogP contribution in [-0.2, 0) is 0 Å². The molecule has 1 atom stereocenters. The number of amides is 1. The third kappa shape index (κ3) is 4.38. The molecular formula is C10H14BrN3O. The van der Waals surface area contributed by atoms with E-state index in [4.69, 9.17) is 0 Å². The molecular weight excluding hydrogens is 258 g/mol. The molecule has 82 valence electrons. The van der Waals surface area contributed by atoms with Crippen molar-refractivity contribution in [3.63, 3.8) is 0 Å². The molecule has 1 amide bonds. The molecule has 1 unspecified atom stereocenters. The number of hydrogen-bond donors (Lipinski definition) is 1. The first-order valence-corrected chi connectivity index (χ1v) is 5.97. The van der Waals surface area contributed by atoms with Crippen molar-refractivity contribution in [3.05, 3.63) is 24.0 Å². The summed E-state index contributed by atoms with van der Waals surface area (Å²) in [5.41, 5.74) is 0.552. The van der Waals surface area contributed by atoms with Crippen LogP contribution >= 0.6 is 15.9 Å². The summed E-state index contributed by atoms with van der Waals surface area (Å²) < 4.78 is 0. The van der Waals surface area contributed by atoms with E-state index in [0.717, 1.165) is 11.8 Å². The molecule has 0 aromatic carbocycles. The number of nitrogens with zero attached hydrogens (tertiary/aromatic N) is 2. The zero-order valence-electron chi connectivity index (χ0n) is 8.61. The maximum Gasteiger partial charge on any atom is 0.252 e. The highest BCUT2D eigenvalue weighted by molar-refractivity contribution is 9.09. The van der Waals surface area contributed by atoms with Gasteiger partial charge in [0.15, 0.2) is 0 Å². The molecule has 5 heteroatoms. The first-order valence-electron chi connectivity index (χ1n) is 4.85. The van der Waals surface area contributed by atoms with Crippen LogP contribution in [-0.4, -0.2) is 28.0 Å². The van der Waals surface area contributed by atoms with Gasteiger partial charge in [0.05, 0.1) is 18.0 Å². The van der Waals surface area contributed by atoms with Crippen molar-refractivity contribution in [1.29, 1.82) is 0 Å². The average molecular weight is 272 g/mol. The van der Waals surface area contributed by atoms with Crippen LogP contribution in [0.3, 0.4) is 0 Å². The minimum Gasteiger partial charge on any atom is -0.352 e. The van der Waals surface area contributed by atoms with Crippen molar-refractivity contribution in [2.75, 3.05) is 11.9 Å². The molecule has 0 radical (unpaired) electrons. The lowest BCUT2D eigenvalue weighted by atomic mass is 10.1. The van der Waals surface area contributed by atoms with Gasteiger partial charge >= 0.3 is 0 Å². The fraction of sp³-hybridized carbons (Fsp3) is 0.500. The monoisotopic (exact) mass is 271 g/mol. The Morgan fingerprint density at radius 1 is 1.60 bits per heavy atom. The van der Waals surface area contributed by atoms with Gasteiger partial charge in [-0.25, -0.2) is 0 Å². The lowest BCUT2D eigenvalue weighted by Crippen LogP contribution is -2.28. The molecule has 1 rings (SSSR count). The van der Waals surface area contributed by atoms with Crippen molar-refractivity contribution < 1.29 is 4.79 Å². The van der Waals surface area contributed by atoms with Crippen molar-refractivity contribution in [2.45, 2.75) is 13.3 Å². The van der Waals surface area contributed by atoms with E-state index in [1.54, 1.807) is 6.07 Å². The molecule has 1 N–H and O–H groups in total. The fourth-order valence-electron chi connectivity index (χ4n) is 1.08. The van der Waals surface area contributed by atoms with Crippen LogP contribution in [0.1, 0.15) is 23.7 Å². The summed E-state index contributed by atoms with van der Waals surface area (Å²) in [6, 6.07) is 1.65. The molecule has 0 aliphatic heterocycles. The second-order valence-corrected chi connectivity index (χ2v) is 4.22. The lowest BCUT2D eigenvalue weighted by molar-refractivity contribution is 0.0947. The Balaban J connectivity index is 2.37. The minimum absolute atomic E-state index is 0.0914. The summed E-state index contributed by atoms with van der Waals surface area (Å²) in [6.07, 6.45) is 4.02. The van der Waals surface area contributed by atoms with Crippen LogP contribution in [0.5, 0.6) is 0 Å². The van der Waals surface area contributed by atoms with E-state index < -0.39 is 0 Å². The first kappa shape index (κ1) is 12.1. The predicted octanol–water partition coefficient (Wildman–Crippen LogP) is 1.63. The lowest BCUT2D eigenvalue weighted by Gasteiger charge is -2.10. The van der Waals surface area contributed by atoms with Crippen LogP contribution in [0.25, 0.3) is 0 Å². The van der Waals surface area contributed by atoms with Crippen molar-refractivity contribution in [1.82, 2.24) is 15.5 Å². The maximum atomic E-state index is 11.6. The summed E-state index contributed by atoms with van der Waals surface area (Å²) in [4.78, 5) is 11.6. The third-order valence-corrected chi connectivity index (χ3v) is 2.52. The van der Waals surface area contributed by atoms with E-state index in [1.807, 2.05) is 0 Å². The highest BCUT2D eigenvalue weighted by atomic mass is 79.9. The molecule has 1 aromatic heterocycles. The van der Waals surface area contributed by atoms with Gasteiger partial charge in [-0.15, -0.1) is 0 Å². The number of carbonyl (C=O) groups excluding carboxylic acids is 1. The predicted molar refractivity (Wildman–Crippen MR) is 61.9 cm³/mol. The molecule has 0 saturated heterocycles. The van der Waals surface area contributed by atoms with Crippen LogP contribution in [0, 0.1) is 5.92 Å². The largest absolute Gasteiger partial charge is 0.352 e. The van der Waals surface area contributed by atoms with Gasteiger partial charge in [0.2, 0.25) is 0 Å². The van der Waals surface area contributed by atoms with Gasteiger partial charge < -0.3 is 5.32 Å². The van der Waals surface area contributed by atoms with Crippen molar-refractivity contribution in [2.24, 2.45) is 5.92 Å². The first-order chi connectivity index (χ1) is 7.24. The second kappa shape index (κ2) is 6.50. The van der Waals surface area contributed by atoms with E-state index in [9.17, 15) is 4.79 Å². The van der Waals surface area contributed by atoms with E-state index in [2.05, 4.69) is 38.4 Å². The van der Waals surface area contributed by atoms with Gasteiger partial charge in [-0.3, -0.25) is 4.79 Å². The molecule has 4 nitrogen and oxygen atoms in total. The van der Waals surface area contributed by atoms with Crippen LogP contribution < -0.4 is 5.32 Å². The number of aromatic nitrogens is 2. The van der Waals surface area contributed by atoms with Gasteiger partial charge in [0.25, 0.3) is 5.91 Å². The Hall–Kier alpha value is -0.970. The normalized spacial score (nSPS) is 12.1. The Morgan fingerprint density at radius 2 is 2.40 bits per heavy atom. The standard InChI is InChI=1S/C10H14BrN3O/c1-8(2-4-11)6-12-10(15)9-3-5-13-14-7-9/h3,5,7-8H,2,4,6H2,1H3,(H,12,15). The molecule has 0 bridgehead atoms. The second-order valence-electron chi connectivity index (χ2n) is 3.42. The Morgan fingerprint density at radius 3 is 3.00 bits per heavy atom. The summed E-state index contributed by atoms with van der Waals surface area (Å²) in [5, 5.41) is 11.1. The number of rotatable bonds is 5. The van der Waals surface area contributed by atoms with Crippen LogP contribution in [0.15, 0.2) is 18.5 Å². The Bertz CT molecular complexity index is 305. The molecule has 1 aromatic rings. The van der Waals surface area contributed by atoms with E-state index in [1.165, 1.54) is 12.4 Å². The van der Waals surface area contributed by atoms with Gasteiger partial charge in [-0.2, -0.15) is 10.2 Å². The average Bonchev–Trinajstić information content (AvgIpc) is 2.27. The van der Waals surface area contributed by atoms with Crippen LogP contribution in [0.2, 0.25) is 0 Å². The van der Waals surface area contributed by atoms with Crippen LogP contribution in [0.4, 0.5) is 0 Å². The minimum atomic E-state index is -0.0914. The van der Waals surface area contributed by atoms with E-state index in [0.29, 0.717) is 18.0 Å². The highest BCUT2D eigenvalue weighted by Gasteiger charge is 2.07. The number of halogens is 1. The summed E-state index contributed by atoms with van der Waals surface area (Å²) in [6.45, 7) is 2.79. The zero-order valence-corrected chi connectivity index (χ0v) is 10.2. The quantitative estimate of drug-likeness (QED) is 0.829. The smallest absolute Gasteiger partial charge is 0.252 e.